The third-order valence-corrected chi connectivity index (χ3v) is 5.05. The van der Waals surface area contributed by atoms with E-state index in [0.29, 0.717) is 12.1 Å². The normalized spacial score (nSPS) is 16.6. The van der Waals surface area contributed by atoms with Gasteiger partial charge in [-0.05, 0) is 37.1 Å². The predicted molar refractivity (Wildman–Crippen MR) is 106 cm³/mol. The zero-order valence-electron chi connectivity index (χ0n) is 15.8. The number of carbonyl (C=O) groups excluding carboxylic acids is 1. The second-order valence-electron chi connectivity index (χ2n) is 6.89. The van der Waals surface area contributed by atoms with Gasteiger partial charge in [0.25, 0.3) is 5.91 Å². The molecule has 0 unspecified atom stereocenters. The van der Waals surface area contributed by atoms with Crippen LogP contribution in [0.25, 0.3) is 11.3 Å². The van der Waals surface area contributed by atoms with Crippen molar-refractivity contribution >= 4 is 5.91 Å². The Bertz CT molecular complexity index is 962. The topological polar surface area (TPSA) is 68.2 Å². The molecule has 2 aromatic heterocycles. The van der Waals surface area contributed by atoms with Crippen LogP contribution in [-0.4, -0.2) is 46.0 Å². The molecule has 3 aromatic rings. The van der Waals surface area contributed by atoms with Crippen molar-refractivity contribution in [3.05, 3.63) is 72.4 Å². The fourth-order valence-electron chi connectivity index (χ4n) is 3.57. The minimum Gasteiger partial charge on any atom is -0.497 e. The van der Waals surface area contributed by atoms with Crippen molar-refractivity contribution in [3.63, 3.8) is 0 Å². The van der Waals surface area contributed by atoms with E-state index in [0.717, 1.165) is 42.1 Å². The van der Waals surface area contributed by atoms with Crippen LogP contribution in [-0.2, 0) is 0 Å². The van der Waals surface area contributed by atoms with Crippen molar-refractivity contribution in [3.8, 4) is 17.0 Å². The summed E-state index contributed by atoms with van der Waals surface area (Å²) in [5.41, 5.74) is 3.32. The molecule has 1 saturated heterocycles. The predicted octanol–water partition coefficient (Wildman–Crippen LogP) is 3.57. The Morgan fingerprint density at radius 3 is 2.89 bits per heavy atom. The summed E-state index contributed by atoms with van der Waals surface area (Å²) in [6.07, 6.45) is 8.81. The van der Waals surface area contributed by atoms with Crippen LogP contribution in [0.15, 0.2) is 61.2 Å². The second-order valence-corrected chi connectivity index (χ2v) is 6.89. The fraction of sp³-hybridized carbons (Fsp3) is 0.273. The number of hydrogen-bond acceptors (Lipinski definition) is 5. The Labute approximate surface area is 164 Å². The van der Waals surface area contributed by atoms with E-state index in [1.165, 1.54) is 0 Å². The summed E-state index contributed by atoms with van der Waals surface area (Å²) in [5, 5.41) is 0. The van der Waals surface area contributed by atoms with Crippen molar-refractivity contribution in [1.29, 1.82) is 0 Å². The first-order chi connectivity index (χ1) is 13.7. The van der Waals surface area contributed by atoms with Crippen LogP contribution in [0.3, 0.4) is 0 Å². The molecular weight excluding hydrogens is 352 g/mol. The third kappa shape index (κ3) is 3.86. The number of rotatable bonds is 4. The van der Waals surface area contributed by atoms with Crippen LogP contribution in [0.1, 0.15) is 34.8 Å². The maximum Gasteiger partial charge on any atom is 0.255 e. The van der Waals surface area contributed by atoms with Crippen LogP contribution in [0.4, 0.5) is 0 Å². The highest BCUT2D eigenvalue weighted by Crippen LogP contribution is 2.28. The molecule has 3 heterocycles. The minimum absolute atomic E-state index is 0.0229. The third-order valence-electron chi connectivity index (χ3n) is 5.05. The number of hydrogen-bond donors (Lipinski definition) is 0. The molecule has 6 heteroatoms. The largest absolute Gasteiger partial charge is 0.497 e. The van der Waals surface area contributed by atoms with Crippen molar-refractivity contribution in [1.82, 2.24) is 19.9 Å². The van der Waals surface area contributed by atoms with E-state index in [-0.39, 0.29) is 11.8 Å². The molecule has 1 aromatic carbocycles. The van der Waals surface area contributed by atoms with E-state index < -0.39 is 0 Å². The number of aromatic nitrogens is 3. The fourth-order valence-corrected chi connectivity index (χ4v) is 3.57. The van der Waals surface area contributed by atoms with E-state index in [9.17, 15) is 4.79 Å². The van der Waals surface area contributed by atoms with Gasteiger partial charge in [0, 0.05) is 43.2 Å². The Morgan fingerprint density at radius 2 is 2.07 bits per heavy atom. The van der Waals surface area contributed by atoms with Crippen molar-refractivity contribution in [2.75, 3.05) is 20.2 Å². The summed E-state index contributed by atoms with van der Waals surface area (Å²) >= 11 is 0. The van der Waals surface area contributed by atoms with Gasteiger partial charge >= 0.3 is 0 Å². The summed E-state index contributed by atoms with van der Waals surface area (Å²) < 4.78 is 5.31. The Balaban J connectivity index is 1.55. The van der Waals surface area contributed by atoms with Crippen molar-refractivity contribution < 1.29 is 9.53 Å². The van der Waals surface area contributed by atoms with Crippen LogP contribution >= 0.6 is 0 Å². The van der Waals surface area contributed by atoms with Gasteiger partial charge in [0.15, 0.2) is 0 Å². The molecule has 0 aliphatic carbocycles. The molecule has 0 radical (unpaired) electrons. The Morgan fingerprint density at radius 1 is 1.14 bits per heavy atom. The van der Waals surface area contributed by atoms with Crippen LogP contribution in [0.2, 0.25) is 0 Å². The number of methoxy groups -OCH3 is 1. The number of benzene rings is 1. The Hall–Kier alpha value is -3.28. The molecule has 0 bridgehead atoms. The highest BCUT2D eigenvalue weighted by molar-refractivity contribution is 5.94. The average Bonchev–Trinajstić information content (AvgIpc) is 2.79. The van der Waals surface area contributed by atoms with Gasteiger partial charge in [-0.2, -0.15) is 0 Å². The number of amides is 1. The maximum absolute atomic E-state index is 12.8. The zero-order valence-corrected chi connectivity index (χ0v) is 15.8. The highest BCUT2D eigenvalue weighted by atomic mass is 16.5. The molecule has 4 rings (SSSR count). The lowest BCUT2D eigenvalue weighted by molar-refractivity contribution is 0.0705. The monoisotopic (exact) mass is 374 g/mol. The van der Waals surface area contributed by atoms with Gasteiger partial charge < -0.3 is 9.64 Å². The van der Waals surface area contributed by atoms with Crippen LogP contribution < -0.4 is 4.74 Å². The van der Waals surface area contributed by atoms with Crippen LogP contribution in [0, 0.1) is 0 Å². The van der Waals surface area contributed by atoms with E-state index in [4.69, 9.17) is 9.72 Å². The van der Waals surface area contributed by atoms with Gasteiger partial charge in [0.05, 0.1) is 30.3 Å². The van der Waals surface area contributed by atoms with E-state index in [2.05, 4.69) is 9.97 Å². The maximum atomic E-state index is 12.8. The molecule has 1 aliphatic rings. The summed E-state index contributed by atoms with van der Waals surface area (Å²) in [6, 6.07) is 11.4. The van der Waals surface area contributed by atoms with E-state index in [1.54, 1.807) is 31.8 Å². The molecule has 0 N–H and O–H groups in total. The quantitative estimate of drug-likeness (QED) is 0.698. The number of carbonyl (C=O) groups is 1. The summed E-state index contributed by atoms with van der Waals surface area (Å²) in [6.45, 7) is 1.40. The van der Waals surface area contributed by atoms with Gasteiger partial charge in [0.2, 0.25) is 0 Å². The highest BCUT2D eigenvalue weighted by Gasteiger charge is 2.26. The van der Waals surface area contributed by atoms with Gasteiger partial charge in [-0.3, -0.25) is 14.8 Å². The Kier molecular flexibility index (Phi) is 5.28. The molecule has 1 fully saturated rings. The smallest absolute Gasteiger partial charge is 0.255 e. The molecule has 6 nitrogen and oxygen atoms in total. The van der Waals surface area contributed by atoms with Gasteiger partial charge in [0.1, 0.15) is 5.75 Å². The molecule has 1 aliphatic heterocycles. The lowest BCUT2D eigenvalue weighted by atomic mass is 9.94. The first kappa shape index (κ1) is 18.1. The summed E-state index contributed by atoms with van der Waals surface area (Å²) in [7, 11) is 1.65. The molecule has 0 spiro atoms. The average molecular weight is 374 g/mol. The van der Waals surface area contributed by atoms with Crippen molar-refractivity contribution in [2.45, 2.75) is 18.8 Å². The molecule has 0 saturated carbocycles. The standard InChI is InChI=1S/C22H22N4O2/c1-28-19-8-2-5-16(11-19)20-13-24-14-21(25-20)18-7-4-10-26(15-18)22(27)17-6-3-9-23-12-17/h2-3,5-6,8-9,11-14,18H,4,7,10,15H2,1H3/t18-/m0/s1. The first-order valence-corrected chi connectivity index (χ1v) is 9.40. The zero-order chi connectivity index (χ0) is 19.3. The molecular formula is C22H22N4O2. The summed E-state index contributed by atoms with van der Waals surface area (Å²) in [4.78, 5) is 28.0. The SMILES string of the molecule is COc1cccc(-c2cncc([C@H]3CCCN(C(=O)c4cccnc4)C3)n2)c1. The van der Waals surface area contributed by atoms with E-state index in [1.807, 2.05) is 41.4 Å². The first-order valence-electron chi connectivity index (χ1n) is 9.40. The van der Waals surface area contributed by atoms with Gasteiger partial charge in [-0.25, -0.2) is 4.98 Å². The molecule has 1 atom stereocenters. The lowest BCUT2D eigenvalue weighted by Gasteiger charge is -2.32. The van der Waals surface area contributed by atoms with Gasteiger partial charge in [-0.1, -0.05) is 12.1 Å². The minimum atomic E-state index is 0.0229. The molecule has 142 valence electrons. The number of piperidine rings is 1. The number of ether oxygens (including phenoxy) is 1. The van der Waals surface area contributed by atoms with Crippen molar-refractivity contribution in [2.24, 2.45) is 0 Å². The lowest BCUT2D eigenvalue weighted by Crippen LogP contribution is -2.39. The van der Waals surface area contributed by atoms with E-state index >= 15 is 0 Å². The number of nitrogens with zero attached hydrogens (tertiary/aromatic N) is 4. The second kappa shape index (κ2) is 8.17. The molecule has 28 heavy (non-hydrogen) atoms. The van der Waals surface area contributed by atoms with Gasteiger partial charge in [-0.15, -0.1) is 0 Å². The van der Waals surface area contributed by atoms with Crippen LogP contribution in [0.5, 0.6) is 5.75 Å². The number of pyridine rings is 1. The number of likely N-dealkylation sites (tertiary alicyclic amines) is 1. The molecule has 1 amide bonds. The summed E-state index contributed by atoms with van der Waals surface area (Å²) in [5.74, 6) is 0.984.